The van der Waals surface area contributed by atoms with Gasteiger partial charge in [0.1, 0.15) is 18.2 Å². The number of esters is 1. The molecule has 1 amide bonds. The first kappa shape index (κ1) is 19.5. The summed E-state index contributed by atoms with van der Waals surface area (Å²) in [4.78, 5) is 24.6. The normalized spacial score (nSPS) is 12.1. The van der Waals surface area contributed by atoms with Crippen molar-refractivity contribution in [2.45, 2.75) is 45.4 Å². The second kappa shape index (κ2) is 9.04. The molecule has 0 radical (unpaired) electrons. The average molecular weight is 355 g/mol. The van der Waals surface area contributed by atoms with Gasteiger partial charge in [-0.2, -0.15) is 0 Å². The van der Waals surface area contributed by atoms with Crippen molar-refractivity contribution in [2.24, 2.45) is 0 Å². The minimum atomic E-state index is -0.823. The van der Waals surface area contributed by atoms with Gasteiger partial charge >= 0.3 is 12.1 Å². The lowest BCUT2D eigenvalue weighted by molar-refractivity contribution is -0.147. The molecule has 0 fully saturated rings. The van der Waals surface area contributed by atoms with Crippen LogP contribution < -0.4 is 5.32 Å². The molecule has 1 atom stereocenters. The van der Waals surface area contributed by atoms with Crippen molar-refractivity contribution in [3.8, 4) is 0 Å². The Morgan fingerprint density at radius 2 is 1.46 bits per heavy atom. The van der Waals surface area contributed by atoms with Gasteiger partial charge in [-0.15, -0.1) is 0 Å². The molecule has 5 nitrogen and oxygen atoms in total. The molecule has 0 saturated carbocycles. The fourth-order valence-corrected chi connectivity index (χ4v) is 2.32. The van der Waals surface area contributed by atoms with Gasteiger partial charge in [-0.1, -0.05) is 60.7 Å². The Labute approximate surface area is 154 Å². The number of hydrogen-bond donors (Lipinski definition) is 1. The summed E-state index contributed by atoms with van der Waals surface area (Å²) in [6, 6.07) is 18.0. The fraction of sp³-hybridized carbons (Fsp3) is 0.333. The molecule has 0 aliphatic rings. The zero-order valence-electron chi connectivity index (χ0n) is 15.4. The Morgan fingerprint density at radius 1 is 0.923 bits per heavy atom. The predicted molar refractivity (Wildman–Crippen MR) is 99.5 cm³/mol. The maximum absolute atomic E-state index is 12.5. The summed E-state index contributed by atoms with van der Waals surface area (Å²) >= 11 is 0. The smallest absolute Gasteiger partial charge is 0.408 e. The molecule has 0 aliphatic carbocycles. The van der Waals surface area contributed by atoms with Crippen LogP contribution in [0.2, 0.25) is 0 Å². The van der Waals surface area contributed by atoms with Gasteiger partial charge in [0.15, 0.2) is 0 Å². The Balaban J connectivity index is 2.03. The van der Waals surface area contributed by atoms with E-state index in [-0.39, 0.29) is 6.61 Å². The highest BCUT2D eigenvalue weighted by atomic mass is 16.6. The molecule has 0 saturated heterocycles. The van der Waals surface area contributed by atoms with Gasteiger partial charge < -0.3 is 14.8 Å². The van der Waals surface area contributed by atoms with Crippen LogP contribution in [0.5, 0.6) is 0 Å². The number of hydrogen-bond acceptors (Lipinski definition) is 4. The van der Waals surface area contributed by atoms with E-state index in [0.717, 1.165) is 11.1 Å². The maximum atomic E-state index is 12.5. The van der Waals surface area contributed by atoms with E-state index in [0.29, 0.717) is 6.42 Å². The third-order valence-electron chi connectivity index (χ3n) is 3.48. The molecular weight excluding hydrogens is 330 g/mol. The Bertz CT molecular complexity index is 708. The third-order valence-corrected chi connectivity index (χ3v) is 3.48. The van der Waals surface area contributed by atoms with Crippen molar-refractivity contribution in [2.75, 3.05) is 0 Å². The molecule has 138 valence electrons. The van der Waals surface area contributed by atoms with E-state index in [2.05, 4.69) is 5.32 Å². The second-order valence-corrected chi connectivity index (χ2v) is 6.98. The average Bonchev–Trinajstić information content (AvgIpc) is 2.59. The van der Waals surface area contributed by atoms with Gasteiger partial charge in [-0.05, 0) is 31.9 Å². The van der Waals surface area contributed by atoms with Gasteiger partial charge in [0.05, 0.1) is 0 Å². The molecule has 0 aromatic heterocycles. The third kappa shape index (κ3) is 6.97. The van der Waals surface area contributed by atoms with Gasteiger partial charge in [-0.25, -0.2) is 9.59 Å². The van der Waals surface area contributed by atoms with Gasteiger partial charge in [0, 0.05) is 6.42 Å². The highest BCUT2D eigenvalue weighted by Gasteiger charge is 2.26. The lowest BCUT2D eigenvalue weighted by atomic mass is 10.1. The zero-order chi connectivity index (χ0) is 19.0. The molecule has 26 heavy (non-hydrogen) atoms. The lowest BCUT2D eigenvalue weighted by Crippen LogP contribution is -2.45. The topological polar surface area (TPSA) is 64.6 Å². The van der Waals surface area contributed by atoms with Crippen molar-refractivity contribution < 1.29 is 19.1 Å². The molecule has 5 heteroatoms. The Kier molecular flexibility index (Phi) is 6.78. The van der Waals surface area contributed by atoms with E-state index < -0.39 is 23.7 Å². The minimum Gasteiger partial charge on any atom is -0.459 e. The summed E-state index contributed by atoms with van der Waals surface area (Å²) in [5, 5.41) is 2.62. The van der Waals surface area contributed by atoms with Crippen molar-refractivity contribution in [1.82, 2.24) is 5.32 Å². The predicted octanol–water partition coefficient (Wildman–Crippen LogP) is 3.87. The highest BCUT2D eigenvalue weighted by molar-refractivity contribution is 5.81. The van der Waals surface area contributed by atoms with Crippen LogP contribution in [-0.4, -0.2) is 23.7 Å². The lowest BCUT2D eigenvalue weighted by Gasteiger charge is -2.23. The second-order valence-electron chi connectivity index (χ2n) is 6.98. The van der Waals surface area contributed by atoms with Crippen molar-refractivity contribution >= 4 is 12.1 Å². The minimum absolute atomic E-state index is 0.154. The quantitative estimate of drug-likeness (QED) is 0.799. The summed E-state index contributed by atoms with van der Waals surface area (Å²) in [6.07, 6.45) is -0.316. The van der Waals surface area contributed by atoms with Crippen LogP contribution in [0, 0.1) is 0 Å². The largest absolute Gasteiger partial charge is 0.459 e. The number of carbonyl (C=O) groups is 2. The number of rotatable bonds is 6. The first-order valence-corrected chi connectivity index (χ1v) is 8.57. The van der Waals surface area contributed by atoms with E-state index in [1.807, 2.05) is 60.7 Å². The molecule has 0 bridgehead atoms. The van der Waals surface area contributed by atoms with E-state index in [1.54, 1.807) is 20.8 Å². The number of carbonyl (C=O) groups excluding carboxylic acids is 2. The Morgan fingerprint density at radius 3 is 2.00 bits per heavy atom. The summed E-state index contributed by atoms with van der Waals surface area (Å²) in [6.45, 7) is 5.46. The molecule has 1 N–H and O–H groups in total. The molecule has 1 unspecified atom stereocenters. The van der Waals surface area contributed by atoms with Gasteiger partial charge in [0.25, 0.3) is 0 Å². The summed E-state index contributed by atoms with van der Waals surface area (Å²) in [5.74, 6) is -0.497. The van der Waals surface area contributed by atoms with Crippen molar-refractivity contribution in [3.63, 3.8) is 0 Å². The molecule has 0 heterocycles. The first-order chi connectivity index (χ1) is 12.3. The monoisotopic (exact) mass is 355 g/mol. The molecule has 2 aromatic rings. The maximum Gasteiger partial charge on any atom is 0.408 e. The van der Waals surface area contributed by atoms with Crippen LogP contribution in [0.25, 0.3) is 0 Å². The van der Waals surface area contributed by atoms with E-state index in [4.69, 9.17) is 9.47 Å². The SMILES string of the molecule is CC(C)(C)OC(=O)NC(Cc1ccccc1)C(=O)OCc1ccccc1. The van der Waals surface area contributed by atoms with Crippen LogP contribution in [-0.2, 0) is 27.3 Å². The summed E-state index contributed by atoms with van der Waals surface area (Å²) in [5.41, 5.74) is 1.16. The van der Waals surface area contributed by atoms with E-state index >= 15 is 0 Å². The zero-order valence-corrected chi connectivity index (χ0v) is 15.4. The Hall–Kier alpha value is -2.82. The number of ether oxygens (including phenoxy) is 2. The highest BCUT2D eigenvalue weighted by Crippen LogP contribution is 2.10. The summed E-state index contributed by atoms with van der Waals surface area (Å²) < 4.78 is 10.6. The van der Waals surface area contributed by atoms with Crippen LogP contribution in [0.3, 0.4) is 0 Å². The first-order valence-electron chi connectivity index (χ1n) is 8.57. The molecule has 0 aliphatic heterocycles. The molecular formula is C21H25NO4. The molecule has 0 spiro atoms. The van der Waals surface area contributed by atoms with Gasteiger partial charge in [0.2, 0.25) is 0 Å². The van der Waals surface area contributed by atoms with E-state index in [1.165, 1.54) is 0 Å². The van der Waals surface area contributed by atoms with Crippen LogP contribution in [0.15, 0.2) is 60.7 Å². The van der Waals surface area contributed by atoms with Crippen LogP contribution in [0.4, 0.5) is 4.79 Å². The van der Waals surface area contributed by atoms with Crippen molar-refractivity contribution in [3.05, 3.63) is 71.8 Å². The van der Waals surface area contributed by atoms with Crippen LogP contribution >= 0.6 is 0 Å². The standard InChI is InChI=1S/C21H25NO4/c1-21(2,3)26-20(24)22-18(14-16-10-6-4-7-11-16)19(23)25-15-17-12-8-5-9-13-17/h4-13,18H,14-15H2,1-3H3,(H,22,24). The number of amides is 1. The van der Waals surface area contributed by atoms with Crippen molar-refractivity contribution in [1.29, 1.82) is 0 Å². The number of benzene rings is 2. The van der Waals surface area contributed by atoms with Gasteiger partial charge in [-0.3, -0.25) is 0 Å². The molecule has 2 rings (SSSR count). The molecule has 2 aromatic carbocycles. The number of alkyl carbamates (subject to hydrolysis) is 1. The fourth-order valence-electron chi connectivity index (χ4n) is 2.32. The summed E-state index contributed by atoms with van der Waals surface area (Å²) in [7, 11) is 0. The van der Waals surface area contributed by atoms with Crippen LogP contribution in [0.1, 0.15) is 31.9 Å². The van der Waals surface area contributed by atoms with E-state index in [9.17, 15) is 9.59 Å². The number of nitrogens with one attached hydrogen (secondary N) is 1.